The largest absolute Gasteiger partial charge is 0.321 e. The summed E-state index contributed by atoms with van der Waals surface area (Å²) in [5, 5.41) is 2.71. The number of aromatic nitrogens is 1. The monoisotopic (exact) mass is 327 g/mol. The summed E-state index contributed by atoms with van der Waals surface area (Å²) in [6, 6.07) is 9.81. The molecular weight excluding hydrogens is 309 g/mol. The average molecular weight is 327 g/mol. The molecule has 1 atom stereocenters. The molecule has 124 valence electrons. The van der Waals surface area contributed by atoms with Gasteiger partial charge in [-0.25, -0.2) is 9.37 Å². The Morgan fingerprint density at radius 1 is 1.38 bits per heavy atom. The lowest BCUT2D eigenvalue weighted by Gasteiger charge is -2.28. The summed E-state index contributed by atoms with van der Waals surface area (Å²) in [5.74, 6) is -0.177. The molecule has 0 saturated carbocycles. The first kappa shape index (κ1) is 16.1. The van der Waals surface area contributed by atoms with Gasteiger partial charge in [-0.15, -0.1) is 0 Å². The highest BCUT2D eigenvalue weighted by molar-refractivity contribution is 6.08. The van der Waals surface area contributed by atoms with E-state index in [0.29, 0.717) is 17.9 Å². The predicted molar refractivity (Wildman–Crippen MR) is 89.1 cm³/mol. The van der Waals surface area contributed by atoms with Crippen LogP contribution in [-0.2, 0) is 16.0 Å². The van der Waals surface area contributed by atoms with Gasteiger partial charge in [-0.3, -0.25) is 14.5 Å². The molecule has 2 amide bonds. The molecule has 1 unspecified atom stereocenters. The van der Waals surface area contributed by atoms with Crippen LogP contribution in [0, 0.1) is 11.7 Å². The number of nitrogens with zero attached hydrogens (tertiary/aromatic N) is 2. The van der Waals surface area contributed by atoms with Crippen molar-refractivity contribution in [2.75, 3.05) is 16.8 Å². The maximum Gasteiger partial charge on any atom is 0.244 e. The molecule has 1 aliphatic heterocycles. The standard InChI is InChI=1S/C18H18FN3O2/c1-12(8-13-4-2-5-14(19)10-13)9-17(24)22-11-16(23)21-15-6-3-7-20-18(15)22/h2-7,10,12H,8-9,11H2,1H3,(H,21,23). The molecule has 0 fully saturated rings. The van der Waals surface area contributed by atoms with E-state index in [1.807, 2.05) is 13.0 Å². The van der Waals surface area contributed by atoms with E-state index in [4.69, 9.17) is 0 Å². The fourth-order valence-corrected chi connectivity index (χ4v) is 2.87. The van der Waals surface area contributed by atoms with Gasteiger partial charge < -0.3 is 5.32 Å². The Balaban J connectivity index is 1.69. The van der Waals surface area contributed by atoms with Gasteiger partial charge in [-0.2, -0.15) is 0 Å². The van der Waals surface area contributed by atoms with Crippen LogP contribution in [0.25, 0.3) is 0 Å². The second-order valence-electron chi connectivity index (χ2n) is 6.05. The molecule has 1 N–H and O–H groups in total. The molecule has 1 aromatic heterocycles. The van der Waals surface area contributed by atoms with E-state index in [1.165, 1.54) is 17.0 Å². The number of amides is 2. The van der Waals surface area contributed by atoms with Crippen molar-refractivity contribution in [1.29, 1.82) is 0 Å². The summed E-state index contributed by atoms with van der Waals surface area (Å²) in [5.41, 5.74) is 1.39. The summed E-state index contributed by atoms with van der Waals surface area (Å²) >= 11 is 0. The zero-order valence-corrected chi connectivity index (χ0v) is 13.3. The lowest BCUT2D eigenvalue weighted by Crippen LogP contribution is -2.43. The van der Waals surface area contributed by atoms with E-state index >= 15 is 0 Å². The van der Waals surface area contributed by atoms with Gasteiger partial charge in [0.1, 0.15) is 12.4 Å². The normalized spacial score (nSPS) is 14.8. The number of anilines is 2. The van der Waals surface area contributed by atoms with Crippen molar-refractivity contribution in [2.24, 2.45) is 5.92 Å². The first-order valence-electron chi connectivity index (χ1n) is 7.82. The molecule has 3 rings (SSSR count). The minimum atomic E-state index is -0.281. The zero-order valence-electron chi connectivity index (χ0n) is 13.3. The number of fused-ring (bicyclic) bond motifs is 1. The van der Waals surface area contributed by atoms with Crippen molar-refractivity contribution in [3.8, 4) is 0 Å². The third-order valence-electron chi connectivity index (χ3n) is 3.92. The first-order chi connectivity index (χ1) is 11.5. The number of rotatable bonds is 4. The number of hydrogen-bond acceptors (Lipinski definition) is 3. The van der Waals surface area contributed by atoms with Gasteiger partial charge in [-0.05, 0) is 42.2 Å². The minimum absolute atomic E-state index is 0.0245. The molecule has 1 aliphatic rings. The molecule has 0 aliphatic carbocycles. The van der Waals surface area contributed by atoms with E-state index in [0.717, 1.165) is 5.56 Å². The van der Waals surface area contributed by atoms with Crippen LogP contribution in [-0.4, -0.2) is 23.3 Å². The fraction of sp³-hybridized carbons (Fsp3) is 0.278. The Hall–Kier alpha value is -2.76. The van der Waals surface area contributed by atoms with Gasteiger partial charge in [-0.1, -0.05) is 19.1 Å². The van der Waals surface area contributed by atoms with Gasteiger partial charge in [0.15, 0.2) is 5.82 Å². The number of hydrogen-bond donors (Lipinski definition) is 1. The second-order valence-corrected chi connectivity index (χ2v) is 6.05. The molecule has 2 aromatic rings. The lowest BCUT2D eigenvalue weighted by molar-refractivity contribution is -0.122. The van der Waals surface area contributed by atoms with E-state index in [9.17, 15) is 14.0 Å². The molecule has 24 heavy (non-hydrogen) atoms. The summed E-state index contributed by atoms with van der Waals surface area (Å²) in [7, 11) is 0. The van der Waals surface area contributed by atoms with Crippen molar-refractivity contribution in [1.82, 2.24) is 4.98 Å². The summed E-state index contributed by atoms with van der Waals surface area (Å²) in [4.78, 5) is 30.0. The molecule has 1 aromatic carbocycles. The zero-order chi connectivity index (χ0) is 17.1. The third-order valence-corrected chi connectivity index (χ3v) is 3.92. The Labute approximate surface area is 139 Å². The van der Waals surface area contributed by atoms with E-state index < -0.39 is 0 Å². The fourth-order valence-electron chi connectivity index (χ4n) is 2.87. The van der Waals surface area contributed by atoms with Crippen LogP contribution < -0.4 is 10.2 Å². The Bertz CT molecular complexity index is 778. The molecular formula is C18H18FN3O2. The van der Waals surface area contributed by atoms with Crippen molar-refractivity contribution in [3.63, 3.8) is 0 Å². The SMILES string of the molecule is CC(CC(=O)N1CC(=O)Nc2cccnc21)Cc1cccc(F)c1. The van der Waals surface area contributed by atoms with Crippen LogP contribution in [0.2, 0.25) is 0 Å². The average Bonchev–Trinajstić information content (AvgIpc) is 2.53. The van der Waals surface area contributed by atoms with E-state index in [1.54, 1.807) is 24.4 Å². The lowest BCUT2D eigenvalue weighted by atomic mass is 9.97. The Morgan fingerprint density at radius 3 is 3.00 bits per heavy atom. The highest BCUT2D eigenvalue weighted by Gasteiger charge is 2.28. The maximum atomic E-state index is 13.3. The molecule has 6 heteroatoms. The van der Waals surface area contributed by atoms with Crippen LogP contribution in [0.3, 0.4) is 0 Å². The van der Waals surface area contributed by atoms with Gasteiger partial charge in [0.05, 0.1) is 5.69 Å². The van der Waals surface area contributed by atoms with Crippen molar-refractivity contribution < 1.29 is 14.0 Å². The van der Waals surface area contributed by atoms with Gasteiger partial charge in [0.2, 0.25) is 11.8 Å². The van der Waals surface area contributed by atoms with Crippen LogP contribution in [0.15, 0.2) is 42.6 Å². The van der Waals surface area contributed by atoms with Crippen molar-refractivity contribution in [3.05, 3.63) is 54.0 Å². The van der Waals surface area contributed by atoms with Gasteiger partial charge >= 0.3 is 0 Å². The van der Waals surface area contributed by atoms with Crippen molar-refractivity contribution >= 4 is 23.3 Å². The summed E-state index contributed by atoms with van der Waals surface area (Å²) < 4.78 is 13.3. The van der Waals surface area contributed by atoms with E-state index in [-0.39, 0.29) is 36.5 Å². The van der Waals surface area contributed by atoms with Gasteiger partial charge in [0, 0.05) is 12.6 Å². The maximum absolute atomic E-state index is 13.3. The predicted octanol–water partition coefficient (Wildman–Crippen LogP) is 2.77. The quantitative estimate of drug-likeness (QED) is 0.939. The minimum Gasteiger partial charge on any atom is -0.321 e. The molecule has 0 radical (unpaired) electrons. The summed E-state index contributed by atoms with van der Waals surface area (Å²) in [6.45, 7) is 1.90. The molecule has 2 heterocycles. The number of nitrogens with one attached hydrogen (secondary N) is 1. The Kier molecular flexibility index (Phi) is 4.55. The number of pyridine rings is 1. The van der Waals surface area contributed by atoms with Gasteiger partial charge in [0.25, 0.3) is 0 Å². The van der Waals surface area contributed by atoms with Crippen molar-refractivity contribution in [2.45, 2.75) is 19.8 Å². The molecule has 5 nitrogen and oxygen atoms in total. The molecule has 0 saturated heterocycles. The highest BCUT2D eigenvalue weighted by atomic mass is 19.1. The molecule has 0 spiro atoms. The number of carbonyl (C=O) groups excluding carboxylic acids is 2. The summed E-state index contributed by atoms with van der Waals surface area (Å²) in [6.07, 6.45) is 2.45. The van der Waals surface area contributed by atoms with Crippen LogP contribution in [0.5, 0.6) is 0 Å². The molecule has 0 bridgehead atoms. The van der Waals surface area contributed by atoms with Crippen LogP contribution in [0.4, 0.5) is 15.9 Å². The third kappa shape index (κ3) is 3.59. The Morgan fingerprint density at radius 2 is 2.21 bits per heavy atom. The van der Waals surface area contributed by atoms with E-state index in [2.05, 4.69) is 10.3 Å². The number of carbonyl (C=O) groups is 2. The number of halogens is 1. The first-order valence-corrected chi connectivity index (χ1v) is 7.82. The second kappa shape index (κ2) is 6.78. The smallest absolute Gasteiger partial charge is 0.244 e. The highest BCUT2D eigenvalue weighted by Crippen LogP contribution is 2.27. The number of benzene rings is 1. The van der Waals surface area contributed by atoms with Crippen LogP contribution in [0.1, 0.15) is 18.9 Å². The topological polar surface area (TPSA) is 62.3 Å². The van der Waals surface area contributed by atoms with Crippen LogP contribution >= 0.6 is 0 Å².